The van der Waals surface area contributed by atoms with Gasteiger partial charge in [-0.25, -0.2) is 4.79 Å². The first-order valence-electron chi connectivity index (χ1n) is 5.78. The van der Waals surface area contributed by atoms with E-state index in [1.807, 2.05) is 32.5 Å². The first-order chi connectivity index (χ1) is 7.44. The molecule has 2 aliphatic rings. The summed E-state index contributed by atoms with van der Waals surface area (Å²) in [5.41, 5.74) is -0.382. The summed E-state index contributed by atoms with van der Waals surface area (Å²) in [6.07, 6.45) is -0.170. The fraction of sp³-hybridized carbons (Fsp3) is 0.909. The molecule has 0 bridgehead atoms. The largest absolute Gasteiger partial charge is 0.444 e. The molecule has 2 fully saturated rings. The summed E-state index contributed by atoms with van der Waals surface area (Å²) in [4.78, 5) is 13.4. The molecular weight excluding hydrogens is 224 g/mol. The summed E-state index contributed by atoms with van der Waals surface area (Å²) in [5.74, 6) is 0. The molecule has 5 heteroatoms. The van der Waals surface area contributed by atoms with E-state index >= 15 is 0 Å². The lowest BCUT2D eigenvalue weighted by Crippen LogP contribution is -2.56. The van der Waals surface area contributed by atoms with E-state index in [1.54, 1.807) is 4.90 Å². The van der Waals surface area contributed by atoms with Crippen LogP contribution < -0.4 is 5.32 Å². The molecule has 0 aliphatic carbocycles. The van der Waals surface area contributed by atoms with Gasteiger partial charge in [-0.2, -0.15) is 0 Å². The number of thioether (sulfide) groups is 1. The van der Waals surface area contributed by atoms with Crippen LogP contribution in [-0.4, -0.2) is 53.3 Å². The highest BCUT2D eigenvalue weighted by Gasteiger charge is 2.36. The highest BCUT2D eigenvalue weighted by Crippen LogP contribution is 2.28. The van der Waals surface area contributed by atoms with E-state index in [1.165, 1.54) is 0 Å². The minimum atomic E-state index is -0.382. The molecule has 0 aromatic heterocycles. The second-order valence-corrected chi connectivity index (χ2v) is 7.03. The normalized spacial score (nSPS) is 22.6. The summed E-state index contributed by atoms with van der Waals surface area (Å²) in [5, 5.41) is 4.62. The number of likely N-dealkylation sites (tertiary alicyclic amines) is 1. The molecule has 0 spiro atoms. The minimum Gasteiger partial charge on any atom is -0.444 e. The number of hydrogen-bond acceptors (Lipinski definition) is 4. The van der Waals surface area contributed by atoms with Crippen LogP contribution in [0.5, 0.6) is 0 Å². The second kappa shape index (κ2) is 4.45. The van der Waals surface area contributed by atoms with Crippen LogP contribution in [0.2, 0.25) is 0 Å². The first kappa shape index (κ1) is 12.0. The summed E-state index contributed by atoms with van der Waals surface area (Å²) < 4.78 is 5.30. The Bertz CT molecular complexity index is 268. The van der Waals surface area contributed by atoms with Crippen molar-refractivity contribution in [1.29, 1.82) is 0 Å². The average molecular weight is 244 g/mol. The summed E-state index contributed by atoms with van der Waals surface area (Å²) in [7, 11) is 0. The lowest BCUT2D eigenvalue weighted by Gasteiger charge is -2.42. The van der Waals surface area contributed by atoms with Gasteiger partial charge in [-0.1, -0.05) is 0 Å². The van der Waals surface area contributed by atoms with Crippen molar-refractivity contribution in [3.8, 4) is 0 Å². The second-order valence-electron chi connectivity index (χ2n) is 5.42. The van der Waals surface area contributed by atoms with Crippen molar-refractivity contribution in [3.05, 3.63) is 0 Å². The first-order valence-corrected chi connectivity index (χ1v) is 6.72. The molecule has 2 aliphatic heterocycles. The Morgan fingerprint density at radius 1 is 1.31 bits per heavy atom. The molecule has 0 radical (unpaired) electrons. The van der Waals surface area contributed by atoms with Crippen LogP contribution in [-0.2, 0) is 4.74 Å². The zero-order chi connectivity index (χ0) is 11.8. The fourth-order valence-corrected chi connectivity index (χ4v) is 3.13. The van der Waals surface area contributed by atoms with Crippen molar-refractivity contribution in [2.75, 3.05) is 26.2 Å². The molecule has 92 valence electrons. The van der Waals surface area contributed by atoms with Crippen LogP contribution >= 0.6 is 11.8 Å². The minimum absolute atomic E-state index is 0.170. The number of hydrogen-bond donors (Lipinski definition) is 1. The van der Waals surface area contributed by atoms with E-state index < -0.39 is 0 Å². The Morgan fingerprint density at radius 3 is 2.38 bits per heavy atom. The molecule has 1 amide bonds. The van der Waals surface area contributed by atoms with Crippen LogP contribution in [0.3, 0.4) is 0 Å². The van der Waals surface area contributed by atoms with Crippen molar-refractivity contribution >= 4 is 17.9 Å². The molecule has 2 heterocycles. The molecule has 4 nitrogen and oxygen atoms in total. The summed E-state index contributed by atoms with van der Waals surface area (Å²) >= 11 is 2.00. The number of amides is 1. The van der Waals surface area contributed by atoms with E-state index in [0.29, 0.717) is 5.25 Å². The molecule has 1 N–H and O–H groups in total. The topological polar surface area (TPSA) is 41.6 Å². The number of carbonyl (C=O) groups is 1. The number of ether oxygens (including phenoxy) is 1. The van der Waals surface area contributed by atoms with E-state index in [-0.39, 0.29) is 11.7 Å². The van der Waals surface area contributed by atoms with E-state index in [4.69, 9.17) is 4.74 Å². The van der Waals surface area contributed by atoms with E-state index in [2.05, 4.69) is 5.32 Å². The molecule has 2 rings (SSSR count). The molecule has 0 unspecified atom stereocenters. The van der Waals surface area contributed by atoms with Gasteiger partial charge < -0.3 is 15.0 Å². The third-order valence-corrected chi connectivity index (χ3v) is 4.03. The lowest BCUT2D eigenvalue weighted by molar-refractivity contribution is 0.0143. The zero-order valence-corrected chi connectivity index (χ0v) is 11.0. The molecule has 16 heavy (non-hydrogen) atoms. The van der Waals surface area contributed by atoms with Gasteiger partial charge in [0.2, 0.25) is 0 Å². The molecule has 2 saturated heterocycles. The molecule has 0 atom stereocenters. The quantitative estimate of drug-likeness (QED) is 0.795. The Kier molecular flexibility index (Phi) is 3.35. The Labute approximate surface area is 101 Å². The molecular formula is C11H20N2O2S. The third kappa shape index (κ3) is 3.04. The van der Waals surface area contributed by atoms with E-state index in [0.717, 1.165) is 31.4 Å². The van der Waals surface area contributed by atoms with Crippen LogP contribution in [0.25, 0.3) is 0 Å². The van der Waals surface area contributed by atoms with Gasteiger partial charge >= 0.3 is 6.09 Å². The summed E-state index contributed by atoms with van der Waals surface area (Å²) in [6, 6.07) is 0. The summed E-state index contributed by atoms with van der Waals surface area (Å²) in [6.45, 7) is 9.62. The van der Waals surface area contributed by atoms with Crippen LogP contribution in [0.1, 0.15) is 20.8 Å². The van der Waals surface area contributed by atoms with Gasteiger partial charge in [0.25, 0.3) is 0 Å². The van der Waals surface area contributed by atoms with Crippen molar-refractivity contribution in [2.45, 2.75) is 36.9 Å². The van der Waals surface area contributed by atoms with Gasteiger partial charge in [0, 0.05) is 36.7 Å². The van der Waals surface area contributed by atoms with Crippen LogP contribution in [0.15, 0.2) is 0 Å². The highest BCUT2D eigenvalue weighted by molar-refractivity contribution is 8.00. The Morgan fingerprint density at radius 2 is 1.94 bits per heavy atom. The van der Waals surface area contributed by atoms with Gasteiger partial charge in [0.15, 0.2) is 0 Å². The molecule has 0 aromatic rings. The van der Waals surface area contributed by atoms with Gasteiger partial charge in [0.05, 0.1) is 0 Å². The average Bonchev–Trinajstić information content (AvgIpc) is 1.93. The Balaban J connectivity index is 1.65. The van der Waals surface area contributed by atoms with Gasteiger partial charge in [0.1, 0.15) is 5.60 Å². The monoisotopic (exact) mass is 244 g/mol. The predicted octanol–water partition coefficient (Wildman–Crippen LogP) is 1.31. The van der Waals surface area contributed by atoms with Gasteiger partial charge in [-0.15, -0.1) is 11.8 Å². The number of rotatable bonds is 2. The van der Waals surface area contributed by atoms with Gasteiger partial charge in [-0.3, -0.25) is 0 Å². The fourth-order valence-electron chi connectivity index (χ4n) is 1.63. The van der Waals surface area contributed by atoms with Gasteiger partial charge in [-0.05, 0) is 20.8 Å². The van der Waals surface area contributed by atoms with Crippen molar-refractivity contribution in [2.24, 2.45) is 0 Å². The maximum Gasteiger partial charge on any atom is 0.410 e. The van der Waals surface area contributed by atoms with E-state index in [9.17, 15) is 4.79 Å². The van der Waals surface area contributed by atoms with Crippen LogP contribution in [0, 0.1) is 0 Å². The van der Waals surface area contributed by atoms with Crippen LogP contribution in [0.4, 0.5) is 4.79 Å². The smallest absolute Gasteiger partial charge is 0.410 e. The SMILES string of the molecule is CC(C)(C)OC(=O)N1CC(SC2CNC2)C1. The Hall–Kier alpha value is -0.420. The van der Waals surface area contributed by atoms with Crippen molar-refractivity contribution in [1.82, 2.24) is 10.2 Å². The molecule has 0 saturated carbocycles. The maximum atomic E-state index is 11.6. The zero-order valence-electron chi connectivity index (χ0n) is 10.2. The van der Waals surface area contributed by atoms with Crippen molar-refractivity contribution in [3.63, 3.8) is 0 Å². The highest BCUT2D eigenvalue weighted by atomic mass is 32.2. The number of carbonyl (C=O) groups excluding carboxylic acids is 1. The lowest BCUT2D eigenvalue weighted by atomic mass is 10.2. The number of nitrogens with one attached hydrogen (secondary N) is 1. The van der Waals surface area contributed by atoms with Crippen molar-refractivity contribution < 1.29 is 9.53 Å². The third-order valence-electron chi connectivity index (χ3n) is 2.63. The molecule has 0 aromatic carbocycles. The maximum absolute atomic E-state index is 11.6. The predicted molar refractivity (Wildman–Crippen MR) is 65.8 cm³/mol. The standard InChI is InChI=1S/C11H20N2O2S/c1-11(2,3)15-10(14)13-6-9(7-13)16-8-4-12-5-8/h8-9,12H,4-7H2,1-3H3. The number of nitrogens with zero attached hydrogens (tertiary/aromatic N) is 1.